The van der Waals surface area contributed by atoms with E-state index in [1.54, 1.807) is 64.5 Å². The van der Waals surface area contributed by atoms with Crippen molar-refractivity contribution in [2.45, 2.75) is 33.7 Å². The van der Waals surface area contributed by atoms with Crippen LogP contribution in [0.4, 0.5) is 5.69 Å². The molecule has 0 aliphatic heterocycles. The average molecular weight is 446 g/mol. The van der Waals surface area contributed by atoms with Crippen LogP contribution in [0.5, 0.6) is 0 Å². The Morgan fingerprint density at radius 3 is 2.45 bits per heavy atom. The molecule has 0 fully saturated rings. The van der Waals surface area contributed by atoms with Crippen LogP contribution in [0.3, 0.4) is 0 Å². The molecule has 3 aromatic heterocycles. The van der Waals surface area contributed by atoms with Gasteiger partial charge in [-0.1, -0.05) is 0 Å². The van der Waals surface area contributed by atoms with Gasteiger partial charge in [-0.15, -0.1) is 0 Å². The third-order valence-electron chi connectivity index (χ3n) is 5.51. The molecule has 4 rings (SSSR count). The molecule has 33 heavy (non-hydrogen) atoms. The van der Waals surface area contributed by atoms with Gasteiger partial charge in [0, 0.05) is 30.4 Å². The molecule has 1 aromatic carbocycles. The predicted molar refractivity (Wildman–Crippen MR) is 127 cm³/mol. The highest BCUT2D eigenvalue weighted by Crippen LogP contribution is 2.27. The predicted octanol–water partition coefficient (Wildman–Crippen LogP) is 5.01. The first-order valence-corrected chi connectivity index (χ1v) is 11.1. The summed E-state index contributed by atoms with van der Waals surface area (Å²) in [6, 6.07) is 12.3. The molecule has 0 aliphatic carbocycles. The van der Waals surface area contributed by atoms with E-state index in [-0.39, 0.29) is 17.9 Å². The summed E-state index contributed by atoms with van der Waals surface area (Å²) >= 11 is 0. The standard InChI is InChI=1S/C25H27N5O3/c1-5-29(6-2)25(32)17-9-11-18(12-10-17)27-24(31)19-14-21(22-8-7-13-33-22)28-23-20(19)15-26-30(23)16(3)4/h7-16H,5-6H2,1-4H3,(H,27,31). The Kier molecular flexibility index (Phi) is 6.26. The number of hydrogen-bond donors (Lipinski definition) is 1. The molecule has 0 saturated carbocycles. The van der Waals surface area contributed by atoms with Gasteiger partial charge in [-0.2, -0.15) is 5.10 Å². The summed E-state index contributed by atoms with van der Waals surface area (Å²) in [5.74, 6) is 0.251. The number of fused-ring (bicyclic) bond motifs is 1. The Morgan fingerprint density at radius 2 is 1.85 bits per heavy atom. The largest absolute Gasteiger partial charge is 0.463 e. The number of furan rings is 1. The summed E-state index contributed by atoms with van der Waals surface area (Å²) in [4.78, 5) is 32.2. The highest BCUT2D eigenvalue weighted by molar-refractivity contribution is 6.12. The van der Waals surface area contributed by atoms with Crippen molar-refractivity contribution < 1.29 is 14.0 Å². The highest BCUT2D eigenvalue weighted by Gasteiger charge is 2.20. The van der Waals surface area contributed by atoms with Crippen LogP contribution in [0.2, 0.25) is 0 Å². The molecule has 0 aliphatic rings. The smallest absolute Gasteiger partial charge is 0.256 e. The number of carbonyl (C=O) groups excluding carboxylic acids is 2. The van der Waals surface area contributed by atoms with E-state index in [0.29, 0.717) is 52.4 Å². The number of benzene rings is 1. The fourth-order valence-corrected chi connectivity index (χ4v) is 3.72. The summed E-state index contributed by atoms with van der Waals surface area (Å²) in [5, 5.41) is 8.02. The number of anilines is 1. The van der Waals surface area contributed by atoms with Gasteiger partial charge < -0.3 is 14.6 Å². The zero-order chi connectivity index (χ0) is 23.5. The van der Waals surface area contributed by atoms with E-state index in [0.717, 1.165) is 0 Å². The maximum Gasteiger partial charge on any atom is 0.256 e. The lowest BCUT2D eigenvalue weighted by atomic mass is 10.1. The van der Waals surface area contributed by atoms with Gasteiger partial charge >= 0.3 is 0 Å². The lowest BCUT2D eigenvalue weighted by Crippen LogP contribution is -2.30. The van der Waals surface area contributed by atoms with E-state index in [1.165, 1.54) is 0 Å². The van der Waals surface area contributed by atoms with Gasteiger partial charge in [-0.3, -0.25) is 9.59 Å². The first-order valence-electron chi connectivity index (χ1n) is 11.1. The molecule has 2 amide bonds. The Bertz CT molecular complexity index is 1270. The number of amides is 2. The molecule has 170 valence electrons. The van der Waals surface area contributed by atoms with Crippen molar-refractivity contribution in [1.29, 1.82) is 0 Å². The van der Waals surface area contributed by atoms with Crippen LogP contribution in [0.15, 0.2) is 59.3 Å². The van der Waals surface area contributed by atoms with Crippen molar-refractivity contribution >= 4 is 28.5 Å². The molecule has 0 atom stereocenters. The van der Waals surface area contributed by atoms with Crippen LogP contribution in [0.25, 0.3) is 22.5 Å². The van der Waals surface area contributed by atoms with Crippen LogP contribution in [0.1, 0.15) is 54.5 Å². The Hall–Kier alpha value is -3.94. The first-order chi connectivity index (χ1) is 15.9. The van der Waals surface area contributed by atoms with Gasteiger partial charge in [0.05, 0.1) is 23.4 Å². The van der Waals surface area contributed by atoms with Crippen LogP contribution in [-0.2, 0) is 0 Å². The minimum absolute atomic E-state index is 0.0297. The second-order valence-electron chi connectivity index (χ2n) is 7.96. The minimum atomic E-state index is -0.290. The van der Waals surface area contributed by atoms with Gasteiger partial charge in [0.25, 0.3) is 11.8 Å². The summed E-state index contributed by atoms with van der Waals surface area (Å²) < 4.78 is 7.30. The van der Waals surface area contributed by atoms with E-state index in [2.05, 4.69) is 10.4 Å². The summed E-state index contributed by atoms with van der Waals surface area (Å²) in [6.07, 6.45) is 3.23. The van der Waals surface area contributed by atoms with Crippen LogP contribution in [0, 0.1) is 0 Å². The molecule has 0 unspecified atom stereocenters. The SMILES string of the molecule is CCN(CC)C(=O)c1ccc(NC(=O)c2cc(-c3ccco3)nc3c2cnn3C(C)C)cc1. The second kappa shape index (κ2) is 9.28. The summed E-state index contributed by atoms with van der Waals surface area (Å²) in [6.45, 7) is 9.21. The molecule has 3 heterocycles. The normalized spacial score (nSPS) is 11.2. The lowest BCUT2D eigenvalue weighted by molar-refractivity contribution is 0.0773. The Labute approximate surface area is 192 Å². The highest BCUT2D eigenvalue weighted by atomic mass is 16.3. The number of nitrogens with one attached hydrogen (secondary N) is 1. The van der Waals surface area contributed by atoms with Gasteiger partial charge in [0.15, 0.2) is 11.4 Å². The summed E-state index contributed by atoms with van der Waals surface area (Å²) in [7, 11) is 0. The molecule has 8 heteroatoms. The van der Waals surface area contributed by atoms with Gasteiger partial charge in [0.2, 0.25) is 0 Å². The number of pyridine rings is 1. The molecule has 8 nitrogen and oxygen atoms in total. The quantitative estimate of drug-likeness (QED) is 0.432. The molecule has 0 saturated heterocycles. The lowest BCUT2D eigenvalue weighted by Gasteiger charge is -2.18. The third-order valence-corrected chi connectivity index (χ3v) is 5.51. The van der Waals surface area contributed by atoms with E-state index in [1.807, 2.05) is 27.7 Å². The van der Waals surface area contributed by atoms with E-state index >= 15 is 0 Å². The molecule has 0 radical (unpaired) electrons. The maximum absolute atomic E-state index is 13.3. The fourth-order valence-electron chi connectivity index (χ4n) is 3.72. The van der Waals surface area contributed by atoms with Crippen molar-refractivity contribution in [3.05, 3.63) is 66.1 Å². The topological polar surface area (TPSA) is 93.3 Å². The van der Waals surface area contributed by atoms with Gasteiger partial charge in [-0.05, 0) is 70.2 Å². The van der Waals surface area contributed by atoms with E-state index in [9.17, 15) is 9.59 Å². The molecular formula is C25H27N5O3. The molecule has 4 aromatic rings. The van der Waals surface area contributed by atoms with Crippen molar-refractivity contribution in [3.63, 3.8) is 0 Å². The van der Waals surface area contributed by atoms with Crippen molar-refractivity contribution in [1.82, 2.24) is 19.7 Å². The first kappa shape index (κ1) is 22.3. The van der Waals surface area contributed by atoms with Crippen LogP contribution in [-0.4, -0.2) is 44.6 Å². The Balaban J connectivity index is 1.66. The van der Waals surface area contributed by atoms with Crippen LogP contribution >= 0.6 is 0 Å². The summed E-state index contributed by atoms with van der Waals surface area (Å²) in [5.41, 5.74) is 2.80. The fraction of sp³-hybridized carbons (Fsp3) is 0.280. The number of rotatable bonds is 7. The second-order valence-corrected chi connectivity index (χ2v) is 7.96. The average Bonchev–Trinajstić information content (AvgIpc) is 3.50. The van der Waals surface area contributed by atoms with Crippen LogP contribution < -0.4 is 5.32 Å². The monoisotopic (exact) mass is 445 g/mol. The number of aromatic nitrogens is 3. The molecule has 0 bridgehead atoms. The third kappa shape index (κ3) is 4.37. The number of carbonyl (C=O) groups is 2. The maximum atomic E-state index is 13.3. The number of nitrogens with zero attached hydrogens (tertiary/aromatic N) is 4. The van der Waals surface area contributed by atoms with E-state index < -0.39 is 0 Å². The number of hydrogen-bond acceptors (Lipinski definition) is 5. The molecule has 0 spiro atoms. The molecule has 1 N–H and O–H groups in total. The van der Waals surface area contributed by atoms with Gasteiger partial charge in [-0.25, -0.2) is 9.67 Å². The van der Waals surface area contributed by atoms with Crippen molar-refractivity contribution in [2.75, 3.05) is 18.4 Å². The molecular weight excluding hydrogens is 418 g/mol. The zero-order valence-corrected chi connectivity index (χ0v) is 19.2. The van der Waals surface area contributed by atoms with Gasteiger partial charge in [0.1, 0.15) is 5.69 Å². The zero-order valence-electron chi connectivity index (χ0n) is 19.2. The minimum Gasteiger partial charge on any atom is -0.463 e. The Morgan fingerprint density at radius 1 is 1.12 bits per heavy atom. The van der Waals surface area contributed by atoms with Crippen molar-refractivity contribution in [2.24, 2.45) is 0 Å². The van der Waals surface area contributed by atoms with Crippen molar-refractivity contribution in [3.8, 4) is 11.5 Å². The van der Waals surface area contributed by atoms with E-state index in [4.69, 9.17) is 9.40 Å².